The van der Waals surface area contributed by atoms with Crippen molar-refractivity contribution in [2.45, 2.75) is 38.3 Å². The molecule has 1 aromatic carbocycles. The highest BCUT2D eigenvalue weighted by molar-refractivity contribution is 5.75. The van der Waals surface area contributed by atoms with Gasteiger partial charge in [0.2, 0.25) is 0 Å². The summed E-state index contributed by atoms with van der Waals surface area (Å²) in [6.07, 6.45) is 2.86. The van der Waals surface area contributed by atoms with E-state index in [0.29, 0.717) is 23.3 Å². The van der Waals surface area contributed by atoms with Crippen molar-refractivity contribution in [3.8, 4) is 5.75 Å². The average Bonchev–Trinajstić information content (AvgIpc) is 3.41. The first-order valence-electron chi connectivity index (χ1n) is 8.35. The van der Waals surface area contributed by atoms with Crippen LogP contribution < -0.4 is 10.5 Å². The Morgan fingerprint density at radius 3 is 2.84 bits per heavy atom. The Morgan fingerprint density at radius 1 is 1.44 bits per heavy atom. The first-order valence-corrected chi connectivity index (χ1v) is 8.35. The zero-order chi connectivity index (χ0) is 18.0. The molecule has 132 valence electrons. The Morgan fingerprint density at radius 2 is 2.24 bits per heavy atom. The average molecular weight is 344 g/mol. The van der Waals surface area contributed by atoms with Crippen molar-refractivity contribution in [1.29, 1.82) is 0 Å². The number of ether oxygens (including phenoxy) is 1. The number of benzene rings is 1. The van der Waals surface area contributed by atoms with Gasteiger partial charge in [-0.15, -0.1) is 0 Å². The summed E-state index contributed by atoms with van der Waals surface area (Å²) in [4.78, 5) is 15.2. The summed E-state index contributed by atoms with van der Waals surface area (Å²) in [5, 5.41) is 9.01. The van der Waals surface area contributed by atoms with Crippen LogP contribution in [0.2, 0.25) is 0 Å². The van der Waals surface area contributed by atoms with E-state index in [1.54, 1.807) is 36.5 Å². The quantitative estimate of drug-likeness (QED) is 0.804. The van der Waals surface area contributed by atoms with Crippen molar-refractivity contribution in [1.82, 2.24) is 4.98 Å². The van der Waals surface area contributed by atoms with Gasteiger partial charge in [0.1, 0.15) is 18.2 Å². The van der Waals surface area contributed by atoms with E-state index in [-0.39, 0.29) is 24.4 Å². The number of halogens is 1. The Hall–Kier alpha value is -2.47. The van der Waals surface area contributed by atoms with E-state index in [2.05, 4.69) is 4.98 Å². The van der Waals surface area contributed by atoms with E-state index < -0.39 is 11.9 Å². The second-order valence-electron chi connectivity index (χ2n) is 6.33. The van der Waals surface area contributed by atoms with Crippen LogP contribution in [0.1, 0.15) is 48.5 Å². The van der Waals surface area contributed by atoms with Gasteiger partial charge in [-0.05, 0) is 30.5 Å². The molecule has 0 bridgehead atoms. The van der Waals surface area contributed by atoms with Crippen LogP contribution >= 0.6 is 0 Å². The molecular weight excluding hydrogens is 323 g/mol. The maximum Gasteiger partial charge on any atom is 0.307 e. The van der Waals surface area contributed by atoms with Crippen LogP contribution in [-0.2, 0) is 11.4 Å². The van der Waals surface area contributed by atoms with Gasteiger partial charge >= 0.3 is 5.97 Å². The first kappa shape index (κ1) is 17.4. The Balaban J connectivity index is 1.67. The maximum absolute atomic E-state index is 14.6. The summed E-state index contributed by atoms with van der Waals surface area (Å²) in [5.41, 5.74) is 7.57. The molecule has 3 unspecified atom stereocenters. The number of hydrogen-bond acceptors (Lipinski definition) is 4. The topological polar surface area (TPSA) is 85.4 Å². The number of aromatic nitrogens is 1. The third kappa shape index (κ3) is 3.79. The van der Waals surface area contributed by atoms with E-state index in [1.807, 2.05) is 6.92 Å². The largest absolute Gasteiger partial charge is 0.487 e. The number of hydrogen-bond donors (Lipinski definition) is 2. The van der Waals surface area contributed by atoms with Gasteiger partial charge in [0.15, 0.2) is 0 Å². The highest BCUT2D eigenvalue weighted by Crippen LogP contribution is 2.48. The van der Waals surface area contributed by atoms with Crippen LogP contribution in [0.3, 0.4) is 0 Å². The molecule has 1 saturated carbocycles. The summed E-state index contributed by atoms with van der Waals surface area (Å²) >= 11 is 0. The third-order valence-electron chi connectivity index (χ3n) is 4.59. The van der Waals surface area contributed by atoms with Gasteiger partial charge in [0.05, 0.1) is 17.8 Å². The lowest BCUT2D eigenvalue weighted by Crippen LogP contribution is -2.10. The fourth-order valence-corrected chi connectivity index (χ4v) is 2.88. The van der Waals surface area contributed by atoms with Crippen molar-refractivity contribution < 1.29 is 19.0 Å². The Labute approximate surface area is 145 Å². The standard InChI is InChI=1S/C19H21FN2O3/c1-2-16(21)17-7-6-12(9-22-17)25-10-11-4-3-5-13(18(11)20)14-8-15(14)19(23)24/h3-7,9,14-16H,2,8,10,21H2,1H3,(H,23,24). The fourth-order valence-electron chi connectivity index (χ4n) is 2.88. The molecule has 1 aromatic heterocycles. The SMILES string of the molecule is CCC(N)c1ccc(OCc2cccc(C3CC3C(=O)O)c2F)cn1. The number of rotatable bonds is 7. The van der Waals surface area contributed by atoms with Gasteiger partial charge in [-0.1, -0.05) is 25.1 Å². The monoisotopic (exact) mass is 344 g/mol. The van der Waals surface area contributed by atoms with E-state index in [4.69, 9.17) is 15.6 Å². The lowest BCUT2D eigenvalue weighted by molar-refractivity contribution is -0.138. The molecule has 1 aliphatic carbocycles. The minimum atomic E-state index is -0.873. The van der Waals surface area contributed by atoms with Crippen molar-refractivity contribution in [2.75, 3.05) is 0 Å². The number of carboxylic acids is 1. The van der Waals surface area contributed by atoms with Gasteiger partial charge in [-0.3, -0.25) is 9.78 Å². The highest BCUT2D eigenvalue weighted by atomic mass is 19.1. The van der Waals surface area contributed by atoms with Crippen molar-refractivity contribution in [2.24, 2.45) is 11.7 Å². The van der Waals surface area contributed by atoms with E-state index >= 15 is 0 Å². The van der Waals surface area contributed by atoms with Crippen molar-refractivity contribution in [3.63, 3.8) is 0 Å². The predicted molar refractivity (Wildman–Crippen MR) is 90.7 cm³/mol. The normalized spacial score (nSPS) is 20.1. The second kappa shape index (κ2) is 7.19. The van der Waals surface area contributed by atoms with Crippen LogP contribution in [0.15, 0.2) is 36.5 Å². The van der Waals surface area contributed by atoms with Crippen LogP contribution in [0.25, 0.3) is 0 Å². The zero-order valence-electron chi connectivity index (χ0n) is 14.0. The van der Waals surface area contributed by atoms with E-state index in [0.717, 1.165) is 12.1 Å². The van der Waals surface area contributed by atoms with Gasteiger partial charge in [-0.2, -0.15) is 0 Å². The summed E-state index contributed by atoms with van der Waals surface area (Å²) in [6.45, 7) is 2.05. The van der Waals surface area contributed by atoms with E-state index in [9.17, 15) is 9.18 Å². The fraction of sp³-hybridized carbons (Fsp3) is 0.368. The minimum Gasteiger partial charge on any atom is -0.487 e. The van der Waals surface area contributed by atoms with Crippen LogP contribution in [-0.4, -0.2) is 16.1 Å². The number of nitrogens with two attached hydrogens (primary N) is 1. The number of pyridine rings is 1. The van der Waals surface area contributed by atoms with E-state index in [1.165, 1.54) is 0 Å². The molecule has 2 aromatic rings. The molecule has 6 heteroatoms. The summed E-state index contributed by atoms with van der Waals surface area (Å²) in [6, 6.07) is 8.49. The molecule has 1 heterocycles. The van der Waals surface area contributed by atoms with Gasteiger partial charge in [0, 0.05) is 17.5 Å². The molecule has 3 rings (SSSR count). The number of nitrogens with zero attached hydrogens (tertiary/aromatic N) is 1. The van der Waals surface area contributed by atoms with Crippen molar-refractivity contribution >= 4 is 5.97 Å². The zero-order valence-corrected chi connectivity index (χ0v) is 14.0. The van der Waals surface area contributed by atoms with Crippen LogP contribution in [0.4, 0.5) is 4.39 Å². The Kier molecular flexibility index (Phi) is 4.99. The molecule has 0 spiro atoms. The molecule has 3 N–H and O–H groups in total. The smallest absolute Gasteiger partial charge is 0.307 e. The molecule has 5 nitrogen and oxygen atoms in total. The molecule has 3 atom stereocenters. The second-order valence-corrected chi connectivity index (χ2v) is 6.33. The molecule has 0 saturated heterocycles. The number of carboxylic acid groups (broad SMARTS) is 1. The molecule has 0 amide bonds. The first-order chi connectivity index (χ1) is 12.0. The van der Waals surface area contributed by atoms with Crippen molar-refractivity contribution in [3.05, 3.63) is 59.2 Å². The highest BCUT2D eigenvalue weighted by Gasteiger charge is 2.45. The third-order valence-corrected chi connectivity index (χ3v) is 4.59. The van der Waals surface area contributed by atoms with Gasteiger partial charge in [0.25, 0.3) is 0 Å². The summed E-state index contributed by atoms with van der Waals surface area (Å²) < 4.78 is 20.2. The lowest BCUT2D eigenvalue weighted by Gasteiger charge is -2.11. The molecule has 0 radical (unpaired) electrons. The maximum atomic E-state index is 14.6. The summed E-state index contributed by atoms with van der Waals surface area (Å²) in [5.74, 6) is -1.44. The predicted octanol–water partition coefficient (Wildman–Crippen LogP) is 3.40. The molecular formula is C19H21FN2O3. The molecule has 1 fully saturated rings. The number of carbonyl (C=O) groups is 1. The van der Waals surface area contributed by atoms with Gasteiger partial charge in [-0.25, -0.2) is 4.39 Å². The molecule has 25 heavy (non-hydrogen) atoms. The van der Waals surface area contributed by atoms with Gasteiger partial charge < -0.3 is 15.6 Å². The van der Waals surface area contributed by atoms with Crippen LogP contribution in [0, 0.1) is 11.7 Å². The minimum absolute atomic E-state index is 0.0605. The lowest BCUT2D eigenvalue weighted by atomic mass is 10.0. The van der Waals surface area contributed by atoms with Crippen LogP contribution in [0.5, 0.6) is 5.75 Å². The number of aliphatic carboxylic acids is 1. The molecule has 1 aliphatic rings. The summed E-state index contributed by atoms with van der Waals surface area (Å²) in [7, 11) is 0. The molecule has 0 aliphatic heterocycles. The Bertz CT molecular complexity index is 764.